The first-order chi connectivity index (χ1) is 16.0. The molecule has 4 heterocycles. The minimum absolute atomic E-state index is 0.499. The van der Waals surface area contributed by atoms with Crippen LogP contribution in [0.25, 0.3) is 11.3 Å². The SMILES string of the molecule is Cc1cc(Oc2cc(C#N)ccc2-c2ccc(C3(O)CNC3)cn2)cc(N2CCOCC2)n1. The Kier molecular flexibility index (Phi) is 5.68. The van der Waals surface area contributed by atoms with Crippen molar-refractivity contribution in [3.63, 3.8) is 0 Å². The molecule has 3 aromatic rings. The van der Waals surface area contributed by atoms with Crippen LogP contribution in [0.5, 0.6) is 11.5 Å². The summed E-state index contributed by atoms with van der Waals surface area (Å²) in [7, 11) is 0. The third kappa shape index (κ3) is 4.39. The zero-order chi connectivity index (χ0) is 22.8. The first-order valence-electron chi connectivity index (χ1n) is 11.0. The number of anilines is 1. The average Bonchev–Trinajstić information content (AvgIpc) is 2.83. The predicted molar refractivity (Wildman–Crippen MR) is 123 cm³/mol. The molecule has 2 aromatic heterocycles. The standard InChI is InChI=1S/C25H25N5O3/c1-17-10-20(12-24(29-17)30-6-8-32-9-7-30)33-23-11-18(13-26)2-4-21(23)22-5-3-19(14-28-22)25(31)15-27-16-25/h2-5,10-12,14,27,31H,6-9,15-16H2,1H3. The molecule has 0 atom stereocenters. The summed E-state index contributed by atoms with van der Waals surface area (Å²) in [6.45, 7) is 5.88. The molecule has 1 aromatic carbocycles. The Morgan fingerprint density at radius 1 is 1.15 bits per heavy atom. The second-order valence-electron chi connectivity index (χ2n) is 8.39. The van der Waals surface area contributed by atoms with Crippen molar-refractivity contribution in [2.45, 2.75) is 12.5 Å². The highest BCUT2D eigenvalue weighted by molar-refractivity contribution is 5.69. The second-order valence-corrected chi connectivity index (χ2v) is 8.39. The van der Waals surface area contributed by atoms with Gasteiger partial charge in [0.25, 0.3) is 0 Å². The van der Waals surface area contributed by atoms with Gasteiger partial charge in [0.05, 0.1) is 30.5 Å². The van der Waals surface area contributed by atoms with E-state index < -0.39 is 5.60 Å². The van der Waals surface area contributed by atoms with E-state index in [4.69, 9.17) is 9.47 Å². The lowest BCUT2D eigenvalue weighted by molar-refractivity contribution is -0.0149. The summed E-state index contributed by atoms with van der Waals surface area (Å²) in [5.74, 6) is 2.03. The molecule has 8 heteroatoms. The summed E-state index contributed by atoms with van der Waals surface area (Å²) in [4.78, 5) is 11.4. The molecule has 0 radical (unpaired) electrons. The fourth-order valence-electron chi connectivity index (χ4n) is 4.04. The van der Waals surface area contributed by atoms with Gasteiger partial charge >= 0.3 is 0 Å². The molecule has 5 rings (SSSR count). The molecule has 2 fully saturated rings. The van der Waals surface area contributed by atoms with E-state index in [1.165, 1.54) is 0 Å². The van der Waals surface area contributed by atoms with Crippen molar-refractivity contribution in [3.05, 3.63) is 65.5 Å². The number of nitriles is 1. The molecule has 0 bridgehead atoms. The van der Waals surface area contributed by atoms with Crippen molar-refractivity contribution in [2.24, 2.45) is 0 Å². The van der Waals surface area contributed by atoms with Gasteiger partial charge in [-0.25, -0.2) is 4.98 Å². The molecule has 0 amide bonds. The number of hydrogen-bond donors (Lipinski definition) is 2. The van der Waals surface area contributed by atoms with E-state index >= 15 is 0 Å². The number of nitrogens with one attached hydrogen (secondary N) is 1. The highest BCUT2D eigenvalue weighted by atomic mass is 16.5. The Morgan fingerprint density at radius 3 is 2.64 bits per heavy atom. The molecule has 0 aliphatic carbocycles. The van der Waals surface area contributed by atoms with Gasteiger partial charge in [-0.05, 0) is 31.2 Å². The maximum absolute atomic E-state index is 10.5. The number of nitrogens with zero attached hydrogens (tertiary/aromatic N) is 4. The zero-order valence-electron chi connectivity index (χ0n) is 18.4. The van der Waals surface area contributed by atoms with Crippen molar-refractivity contribution < 1.29 is 14.6 Å². The van der Waals surface area contributed by atoms with E-state index in [-0.39, 0.29) is 0 Å². The minimum Gasteiger partial charge on any atom is -0.456 e. The van der Waals surface area contributed by atoms with Crippen LogP contribution < -0.4 is 15.0 Å². The fourth-order valence-corrected chi connectivity index (χ4v) is 4.04. The van der Waals surface area contributed by atoms with Crippen LogP contribution in [0.2, 0.25) is 0 Å². The molecular formula is C25H25N5O3. The third-order valence-corrected chi connectivity index (χ3v) is 6.00. The summed E-state index contributed by atoms with van der Waals surface area (Å²) >= 11 is 0. The number of aliphatic hydroxyl groups is 1. The first kappa shape index (κ1) is 21.3. The molecule has 0 spiro atoms. The summed E-state index contributed by atoms with van der Waals surface area (Å²) in [5.41, 5.74) is 2.73. The van der Waals surface area contributed by atoms with Crippen molar-refractivity contribution in [1.29, 1.82) is 5.26 Å². The average molecular weight is 444 g/mol. The quantitative estimate of drug-likeness (QED) is 0.621. The van der Waals surface area contributed by atoms with E-state index in [0.717, 1.165) is 35.7 Å². The predicted octanol–water partition coefficient (Wildman–Crippen LogP) is 2.74. The van der Waals surface area contributed by atoms with E-state index in [1.54, 1.807) is 18.3 Å². The normalized spacial score (nSPS) is 17.2. The van der Waals surface area contributed by atoms with Crippen molar-refractivity contribution in [3.8, 4) is 28.8 Å². The molecule has 33 heavy (non-hydrogen) atoms. The molecule has 168 valence electrons. The number of aromatic nitrogens is 2. The molecule has 2 N–H and O–H groups in total. The smallest absolute Gasteiger partial charge is 0.138 e. The number of pyridine rings is 2. The topological polar surface area (TPSA) is 104 Å². The molecule has 0 saturated carbocycles. The monoisotopic (exact) mass is 443 g/mol. The lowest BCUT2D eigenvalue weighted by atomic mass is 9.89. The van der Waals surface area contributed by atoms with Crippen LogP contribution in [0.1, 0.15) is 16.8 Å². The van der Waals surface area contributed by atoms with Crippen LogP contribution in [-0.2, 0) is 10.3 Å². The maximum atomic E-state index is 10.5. The first-order valence-corrected chi connectivity index (χ1v) is 11.0. The van der Waals surface area contributed by atoms with Crippen molar-refractivity contribution >= 4 is 5.82 Å². The number of β-amino-alcohol motifs (C(OH)–C–C–N with tert-alkyl or cyclic N) is 1. The number of aryl methyl sites for hydroxylation is 1. The van der Waals surface area contributed by atoms with Crippen molar-refractivity contribution in [1.82, 2.24) is 15.3 Å². The van der Waals surface area contributed by atoms with E-state index in [2.05, 4.69) is 26.3 Å². The van der Waals surface area contributed by atoms with Gasteiger partial charge in [0.2, 0.25) is 0 Å². The van der Waals surface area contributed by atoms with Gasteiger partial charge in [-0.1, -0.05) is 6.07 Å². The number of hydrogen-bond acceptors (Lipinski definition) is 8. The van der Waals surface area contributed by atoms with Crippen LogP contribution in [0.15, 0.2) is 48.7 Å². The number of benzene rings is 1. The fraction of sp³-hybridized carbons (Fsp3) is 0.320. The number of morpholine rings is 1. The van der Waals surface area contributed by atoms with Gasteiger partial charge in [-0.15, -0.1) is 0 Å². The van der Waals surface area contributed by atoms with Crippen LogP contribution in [0.4, 0.5) is 5.82 Å². The largest absolute Gasteiger partial charge is 0.456 e. The molecule has 0 unspecified atom stereocenters. The number of rotatable bonds is 5. The lowest BCUT2D eigenvalue weighted by Gasteiger charge is -2.37. The molecule has 2 aliphatic rings. The molecule has 2 aliphatic heterocycles. The van der Waals surface area contributed by atoms with Gasteiger partial charge in [0, 0.05) is 61.3 Å². The molecular weight excluding hydrogens is 418 g/mol. The lowest BCUT2D eigenvalue weighted by Crippen LogP contribution is -2.56. The Labute approximate surface area is 192 Å². The van der Waals surface area contributed by atoms with Crippen LogP contribution in [-0.4, -0.2) is 54.5 Å². The summed E-state index contributed by atoms with van der Waals surface area (Å²) in [6, 6.07) is 15.0. The van der Waals surface area contributed by atoms with Gasteiger partial charge in [0.15, 0.2) is 0 Å². The van der Waals surface area contributed by atoms with Gasteiger partial charge in [-0.2, -0.15) is 5.26 Å². The van der Waals surface area contributed by atoms with E-state index in [1.807, 2.05) is 37.3 Å². The molecule has 8 nitrogen and oxygen atoms in total. The van der Waals surface area contributed by atoms with E-state index in [0.29, 0.717) is 49.1 Å². The highest BCUT2D eigenvalue weighted by Crippen LogP contribution is 2.35. The van der Waals surface area contributed by atoms with E-state index in [9.17, 15) is 10.4 Å². The summed E-state index contributed by atoms with van der Waals surface area (Å²) in [5, 5.41) is 23.0. The Morgan fingerprint density at radius 2 is 1.97 bits per heavy atom. The van der Waals surface area contributed by atoms with Gasteiger partial charge < -0.3 is 24.8 Å². The molecule has 2 saturated heterocycles. The second kappa shape index (κ2) is 8.79. The Bertz CT molecular complexity index is 1200. The summed E-state index contributed by atoms with van der Waals surface area (Å²) in [6.07, 6.45) is 1.70. The minimum atomic E-state index is -0.861. The van der Waals surface area contributed by atoms with Gasteiger partial charge in [0.1, 0.15) is 22.9 Å². The highest BCUT2D eigenvalue weighted by Gasteiger charge is 2.36. The Balaban J connectivity index is 1.47. The van der Waals surface area contributed by atoms with Crippen LogP contribution in [0.3, 0.4) is 0 Å². The maximum Gasteiger partial charge on any atom is 0.138 e. The van der Waals surface area contributed by atoms with Crippen molar-refractivity contribution in [2.75, 3.05) is 44.3 Å². The van der Waals surface area contributed by atoms with Crippen LogP contribution >= 0.6 is 0 Å². The zero-order valence-corrected chi connectivity index (χ0v) is 18.4. The number of ether oxygens (including phenoxy) is 2. The van der Waals surface area contributed by atoms with Gasteiger partial charge in [-0.3, -0.25) is 4.98 Å². The third-order valence-electron chi connectivity index (χ3n) is 6.00. The van der Waals surface area contributed by atoms with Crippen LogP contribution in [0, 0.1) is 18.3 Å². The summed E-state index contributed by atoms with van der Waals surface area (Å²) < 4.78 is 11.8. The Hall–Kier alpha value is -3.51.